The molecule has 12 aromatic rings. The fourth-order valence-corrected chi connectivity index (χ4v) is 12.4. The van der Waals surface area contributed by atoms with Crippen molar-refractivity contribution in [2.24, 2.45) is 5.92 Å². The molecule has 0 fully saturated rings. The van der Waals surface area contributed by atoms with Gasteiger partial charge < -0.3 is 9.47 Å². The molecular weight excluding hydrogens is 897 g/mol. The number of hydrogen-bond acceptors (Lipinski definition) is 2. The average Bonchev–Trinajstić information content (AvgIpc) is 4.12. The van der Waals surface area contributed by atoms with Gasteiger partial charge in [0.25, 0.3) is 0 Å². The van der Waals surface area contributed by atoms with E-state index in [1.807, 2.05) is 0 Å². The fraction of sp³-hybridized carbons (Fsp3) is 0.0714. The number of nitrogens with zero attached hydrogens (tertiary/aromatic N) is 4. The summed E-state index contributed by atoms with van der Waals surface area (Å²) in [6.07, 6.45) is 5.78. The van der Waals surface area contributed by atoms with Crippen molar-refractivity contribution in [3.05, 3.63) is 294 Å². The lowest BCUT2D eigenvalue weighted by Crippen LogP contribution is -2.31. The first-order chi connectivity index (χ1) is 36.5. The Kier molecular flexibility index (Phi) is 10.3. The molecule has 352 valence electrons. The van der Waals surface area contributed by atoms with E-state index in [9.17, 15) is 0 Å². The highest BCUT2D eigenvalue weighted by atomic mass is 15.1. The van der Waals surface area contributed by atoms with E-state index in [2.05, 4.69) is 289 Å². The van der Waals surface area contributed by atoms with Crippen LogP contribution in [0.15, 0.2) is 266 Å². The number of benzene rings is 10. The van der Waals surface area contributed by atoms with Gasteiger partial charge in [0.05, 0.1) is 27.5 Å². The molecule has 0 N–H and O–H groups in total. The van der Waals surface area contributed by atoms with Gasteiger partial charge in [0.2, 0.25) is 0 Å². The first-order valence-electron chi connectivity index (χ1n) is 25.8. The molecule has 14 rings (SSSR count). The van der Waals surface area contributed by atoms with E-state index < -0.39 is 5.41 Å². The van der Waals surface area contributed by atoms with Crippen LogP contribution in [-0.2, 0) is 5.41 Å². The van der Waals surface area contributed by atoms with Crippen LogP contribution in [0.5, 0.6) is 0 Å². The number of aryl methyl sites for hydroxylation is 1. The molecule has 0 amide bonds. The van der Waals surface area contributed by atoms with Crippen LogP contribution in [0.25, 0.3) is 72.3 Å². The van der Waals surface area contributed by atoms with E-state index in [-0.39, 0.29) is 0 Å². The van der Waals surface area contributed by atoms with Crippen molar-refractivity contribution in [2.45, 2.75) is 25.7 Å². The molecule has 10 aromatic carbocycles. The molecule has 0 radical (unpaired) electrons. The number of fused-ring (bicyclic) bond motifs is 6. The second kappa shape index (κ2) is 17.5. The zero-order valence-corrected chi connectivity index (χ0v) is 41.4. The van der Waals surface area contributed by atoms with Gasteiger partial charge in [0.1, 0.15) is 5.82 Å². The Bertz CT molecular complexity index is 4120. The summed E-state index contributed by atoms with van der Waals surface area (Å²) in [5.74, 6) is 1.33. The molecule has 4 nitrogen and oxygen atoms in total. The molecule has 2 aromatic heterocycles. The van der Waals surface area contributed by atoms with Gasteiger partial charge in [-0.2, -0.15) is 0 Å². The fourth-order valence-electron chi connectivity index (χ4n) is 12.4. The third kappa shape index (κ3) is 6.86. The maximum absolute atomic E-state index is 5.24. The normalized spacial score (nSPS) is 14.7. The zero-order valence-electron chi connectivity index (χ0n) is 41.4. The van der Waals surface area contributed by atoms with Crippen molar-refractivity contribution in [2.75, 3.05) is 4.90 Å². The lowest BCUT2D eigenvalue weighted by molar-refractivity contribution is 0.622. The average molecular weight is 949 g/mol. The maximum atomic E-state index is 5.24. The molecule has 1 atom stereocenters. The van der Waals surface area contributed by atoms with Crippen molar-refractivity contribution >= 4 is 55.5 Å². The van der Waals surface area contributed by atoms with Crippen LogP contribution >= 0.6 is 0 Å². The van der Waals surface area contributed by atoms with E-state index >= 15 is 0 Å². The molecule has 4 heteroatoms. The smallest absolute Gasteiger partial charge is 0.145 e. The monoisotopic (exact) mass is 948 g/mol. The Hall–Kier alpha value is -9.25. The second-order valence-corrected chi connectivity index (χ2v) is 20.0. The summed E-state index contributed by atoms with van der Waals surface area (Å²) in [4.78, 5) is 7.70. The standard InChI is InChI=1S/C70H52N4/c1-47-31-39-59-60-41-38-57(46-64(60)70(63(59)43-47,51-19-7-3-8-20-51)52-21-9-4-10-22-52)72(55-35-32-49(33-36-55)69-71-65-28-16-18-30-68(65)74(69)54-25-13-6-14-26-54)56-37-40-58(48(2)44-56)50-34-42-67-62(45-50)61-27-15-17-29-66(61)73(67)53-23-11-5-12-24-53/h3-42,44-47H,43H2,1-2H3. The summed E-state index contributed by atoms with van der Waals surface area (Å²) < 4.78 is 4.66. The summed E-state index contributed by atoms with van der Waals surface area (Å²) in [6.45, 7) is 4.61. The van der Waals surface area contributed by atoms with Crippen LogP contribution in [0.3, 0.4) is 0 Å². The molecular formula is C70H52N4. The van der Waals surface area contributed by atoms with Crippen LogP contribution in [0.1, 0.15) is 41.2 Å². The van der Waals surface area contributed by atoms with Crippen molar-refractivity contribution in [1.29, 1.82) is 0 Å². The Morgan fingerprint density at radius 3 is 1.72 bits per heavy atom. The molecule has 0 saturated heterocycles. The first-order valence-corrected chi connectivity index (χ1v) is 25.8. The van der Waals surface area contributed by atoms with Gasteiger partial charge in [-0.1, -0.05) is 165 Å². The SMILES string of the molecule is Cc1cc(N(c2ccc(-c3nc4ccccc4n3-c3ccccc3)cc2)c2ccc3c(c2)C(c2ccccc2)(c2ccccc2)C2=C3C=CC(C)C2)ccc1-c1ccc2c(c1)c1ccccc1n2-c1ccccc1. The van der Waals surface area contributed by atoms with Gasteiger partial charge in [-0.3, -0.25) is 4.57 Å². The summed E-state index contributed by atoms with van der Waals surface area (Å²) in [5, 5.41) is 2.49. The minimum atomic E-state index is -0.476. The van der Waals surface area contributed by atoms with Crippen LogP contribution < -0.4 is 4.90 Å². The molecule has 2 heterocycles. The summed E-state index contributed by atoms with van der Waals surface area (Å²) >= 11 is 0. The van der Waals surface area contributed by atoms with Crippen LogP contribution in [0, 0.1) is 12.8 Å². The molecule has 2 aliphatic rings. The van der Waals surface area contributed by atoms with Gasteiger partial charge in [-0.25, -0.2) is 4.98 Å². The number of rotatable bonds is 9. The number of aromatic nitrogens is 3. The highest BCUT2D eigenvalue weighted by molar-refractivity contribution is 6.10. The molecule has 1 unspecified atom stereocenters. The second-order valence-electron chi connectivity index (χ2n) is 20.0. The van der Waals surface area contributed by atoms with Gasteiger partial charge in [-0.15, -0.1) is 0 Å². The molecule has 0 aliphatic heterocycles. The lowest BCUT2D eigenvalue weighted by atomic mass is 9.64. The molecule has 2 aliphatic carbocycles. The van der Waals surface area contributed by atoms with Gasteiger partial charge in [0.15, 0.2) is 0 Å². The van der Waals surface area contributed by atoms with Crippen molar-refractivity contribution in [3.8, 4) is 33.9 Å². The largest absolute Gasteiger partial charge is 0.310 e. The first kappa shape index (κ1) is 43.5. The van der Waals surface area contributed by atoms with Gasteiger partial charge in [0, 0.05) is 44.8 Å². The quantitative estimate of drug-likeness (QED) is 0.144. The van der Waals surface area contributed by atoms with Crippen LogP contribution in [0.2, 0.25) is 0 Å². The van der Waals surface area contributed by atoms with E-state index in [1.165, 1.54) is 71.9 Å². The number of anilines is 3. The van der Waals surface area contributed by atoms with Crippen molar-refractivity contribution < 1.29 is 0 Å². The Morgan fingerprint density at radius 1 is 0.473 bits per heavy atom. The topological polar surface area (TPSA) is 26.0 Å². The number of hydrogen-bond donors (Lipinski definition) is 0. The van der Waals surface area contributed by atoms with Crippen LogP contribution in [-0.4, -0.2) is 14.1 Å². The Morgan fingerprint density at radius 2 is 1.03 bits per heavy atom. The maximum Gasteiger partial charge on any atom is 0.145 e. The molecule has 0 bridgehead atoms. The molecule has 74 heavy (non-hydrogen) atoms. The molecule has 0 spiro atoms. The predicted molar refractivity (Wildman–Crippen MR) is 308 cm³/mol. The number of para-hydroxylation sites is 5. The minimum absolute atomic E-state index is 0.420. The summed E-state index contributed by atoms with van der Waals surface area (Å²) in [5.41, 5.74) is 22.1. The van der Waals surface area contributed by atoms with Crippen LogP contribution in [0.4, 0.5) is 17.1 Å². The summed E-state index contributed by atoms with van der Waals surface area (Å²) in [7, 11) is 0. The highest BCUT2D eigenvalue weighted by Crippen LogP contribution is 2.59. The van der Waals surface area contributed by atoms with E-state index in [0.717, 1.165) is 57.3 Å². The summed E-state index contributed by atoms with van der Waals surface area (Å²) in [6, 6.07) is 91.1. The Balaban J connectivity index is 0.945. The zero-order chi connectivity index (χ0) is 49.3. The third-order valence-electron chi connectivity index (χ3n) is 15.7. The number of allylic oxidation sites excluding steroid dienone is 4. The minimum Gasteiger partial charge on any atom is -0.310 e. The predicted octanol–water partition coefficient (Wildman–Crippen LogP) is 17.9. The highest BCUT2D eigenvalue weighted by Gasteiger charge is 2.48. The Labute approximate surface area is 432 Å². The van der Waals surface area contributed by atoms with Gasteiger partial charge >= 0.3 is 0 Å². The van der Waals surface area contributed by atoms with Gasteiger partial charge in [-0.05, 0) is 172 Å². The third-order valence-corrected chi connectivity index (χ3v) is 15.7. The van der Waals surface area contributed by atoms with E-state index in [1.54, 1.807) is 0 Å². The number of imidazole rings is 1. The van der Waals surface area contributed by atoms with Crippen molar-refractivity contribution in [3.63, 3.8) is 0 Å². The van der Waals surface area contributed by atoms with Crippen molar-refractivity contribution in [1.82, 2.24) is 14.1 Å². The lowest BCUT2D eigenvalue weighted by Gasteiger charge is -2.38. The molecule has 0 saturated carbocycles. The van der Waals surface area contributed by atoms with E-state index in [4.69, 9.17) is 4.98 Å². The van der Waals surface area contributed by atoms with E-state index in [0.29, 0.717) is 5.92 Å².